The van der Waals surface area contributed by atoms with Crippen LogP contribution in [0.4, 0.5) is 5.69 Å². The smallest absolute Gasteiger partial charge is 0.262 e. The van der Waals surface area contributed by atoms with Crippen LogP contribution < -0.4 is 10.1 Å². The monoisotopic (exact) mass is 353 g/mol. The van der Waals surface area contributed by atoms with Crippen LogP contribution in [-0.2, 0) is 4.79 Å². The second-order valence-corrected chi connectivity index (χ2v) is 5.82. The van der Waals surface area contributed by atoms with Crippen molar-refractivity contribution < 1.29 is 9.53 Å². The van der Waals surface area contributed by atoms with Crippen molar-refractivity contribution in [3.05, 3.63) is 71.5 Å². The molecular weight excluding hydrogens is 338 g/mol. The number of carbonyl (C=O) groups excluding carboxylic acids is 1. The average Bonchev–Trinajstić information content (AvgIpc) is 2.64. The van der Waals surface area contributed by atoms with Crippen LogP contribution in [0.5, 0.6) is 5.75 Å². The van der Waals surface area contributed by atoms with Gasteiger partial charge in [-0.2, -0.15) is 0 Å². The molecule has 1 aromatic heterocycles. The Labute approximate surface area is 150 Å². The van der Waals surface area contributed by atoms with Gasteiger partial charge in [-0.15, -0.1) is 0 Å². The normalized spacial score (nSPS) is 10.3. The van der Waals surface area contributed by atoms with Crippen molar-refractivity contribution >= 4 is 23.2 Å². The fourth-order valence-corrected chi connectivity index (χ4v) is 2.30. The molecular formula is C19H16ClN3O2. The lowest BCUT2D eigenvalue weighted by molar-refractivity contribution is -0.118. The van der Waals surface area contributed by atoms with Gasteiger partial charge in [0.05, 0.1) is 18.1 Å². The second-order valence-electron chi connectivity index (χ2n) is 5.41. The molecule has 5 nitrogen and oxygen atoms in total. The van der Waals surface area contributed by atoms with Gasteiger partial charge in [0, 0.05) is 10.6 Å². The standard InChI is InChI=1S/C19H16ClN3O2/c1-13-9-16(7-8-17(13)20)25-12-18(24)23-15-10-21-19(22-11-15)14-5-3-2-4-6-14/h2-11H,12H2,1H3,(H,23,24). The molecule has 3 aromatic rings. The van der Waals surface area contributed by atoms with E-state index in [4.69, 9.17) is 16.3 Å². The van der Waals surface area contributed by atoms with Gasteiger partial charge >= 0.3 is 0 Å². The summed E-state index contributed by atoms with van der Waals surface area (Å²) in [4.78, 5) is 20.5. The molecule has 6 heteroatoms. The van der Waals surface area contributed by atoms with Crippen LogP contribution in [0.1, 0.15) is 5.56 Å². The number of aryl methyl sites for hydroxylation is 1. The quantitative estimate of drug-likeness (QED) is 0.749. The molecule has 0 saturated carbocycles. The number of amides is 1. The summed E-state index contributed by atoms with van der Waals surface area (Å²) in [5.41, 5.74) is 2.33. The number of ether oxygens (including phenoxy) is 1. The van der Waals surface area contributed by atoms with Crippen molar-refractivity contribution in [3.63, 3.8) is 0 Å². The fraction of sp³-hybridized carbons (Fsp3) is 0.105. The number of carbonyl (C=O) groups is 1. The first-order chi connectivity index (χ1) is 12.1. The highest BCUT2D eigenvalue weighted by molar-refractivity contribution is 6.31. The van der Waals surface area contributed by atoms with Crippen LogP contribution in [-0.4, -0.2) is 22.5 Å². The molecule has 1 amide bonds. The van der Waals surface area contributed by atoms with E-state index in [2.05, 4.69) is 15.3 Å². The summed E-state index contributed by atoms with van der Waals surface area (Å²) in [7, 11) is 0. The summed E-state index contributed by atoms with van der Waals surface area (Å²) in [6.07, 6.45) is 3.14. The van der Waals surface area contributed by atoms with E-state index in [9.17, 15) is 4.79 Å². The third-order valence-corrected chi connectivity index (χ3v) is 3.89. The highest BCUT2D eigenvalue weighted by Crippen LogP contribution is 2.21. The molecule has 0 unspecified atom stereocenters. The van der Waals surface area contributed by atoms with E-state index in [0.717, 1.165) is 11.1 Å². The first-order valence-electron chi connectivity index (χ1n) is 7.68. The number of hydrogen-bond donors (Lipinski definition) is 1. The summed E-state index contributed by atoms with van der Waals surface area (Å²) in [6, 6.07) is 14.9. The van der Waals surface area contributed by atoms with Gasteiger partial charge in [-0.1, -0.05) is 41.9 Å². The number of aromatic nitrogens is 2. The van der Waals surface area contributed by atoms with Crippen LogP contribution >= 0.6 is 11.6 Å². The molecule has 0 bridgehead atoms. The number of nitrogens with zero attached hydrogens (tertiary/aromatic N) is 2. The minimum atomic E-state index is -0.288. The van der Waals surface area contributed by atoms with Gasteiger partial charge in [-0.3, -0.25) is 4.79 Å². The van der Waals surface area contributed by atoms with E-state index in [1.54, 1.807) is 30.6 Å². The molecule has 0 radical (unpaired) electrons. The molecule has 0 saturated heterocycles. The zero-order valence-corrected chi connectivity index (χ0v) is 14.3. The molecule has 0 aliphatic heterocycles. The van der Waals surface area contributed by atoms with Crippen LogP contribution in [0.25, 0.3) is 11.4 Å². The average molecular weight is 354 g/mol. The van der Waals surface area contributed by atoms with Crippen LogP contribution in [0.15, 0.2) is 60.9 Å². The van der Waals surface area contributed by atoms with Crippen molar-refractivity contribution in [1.82, 2.24) is 9.97 Å². The van der Waals surface area contributed by atoms with Crippen molar-refractivity contribution in [2.24, 2.45) is 0 Å². The second kappa shape index (κ2) is 7.77. The zero-order chi connectivity index (χ0) is 17.6. The maximum absolute atomic E-state index is 12.0. The van der Waals surface area contributed by atoms with Crippen LogP contribution in [0, 0.1) is 6.92 Å². The van der Waals surface area contributed by atoms with E-state index < -0.39 is 0 Å². The Kier molecular flexibility index (Phi) is 5.26. The number of halogens is 1. The topological polar surface area (TPSA) is 64.1 Å². The summed E-state index contributed by atoms with van der Waals surface area (Å²) in [5.74, 6) is 0.905. The SMILES string of the molecule is Cc1cc(OCC(=O)Nc2cnc(-c3ccccc3)nc2)ccc1Cl. The fourth-order valence-electron chi connectivity index (χ4n) is 2.18. The molecule has 0 spiro atoms. The Morgan fingerprint density at radius 3 is 2.52 bits per heavy atom. The third kappa shape index (κ3) is 4.55. The van der Waals surface area contributed by atoms with E-state index in [0.29, 0.717) is 22.3 Å². The predicted octanol–water partition coefficient (Wildman–Crippen LogP) is 4.12. The maximum Gasteiger partial charge on any atom is 0.262 e. The zero-order valence-electron chi connectivity index (χ0n) is 13.6. The molecule has 0 aliphatic carbocycles. The number of nitrogens with one attached hydrogen (secondary N) is 1. The number of hydrogen-bond acceptors (Lipinski definition) is 4. The summed E-state index contributed by atoms with van der Waals surface area (Å²) in [6.45, 7) is 1.77. The highest BCUT2D eigenvalue weighted by Gasteiger charge is 2.06. The minimum Gasteiger partial charge on any atom is -0.484 e. The lowest BCUT2D eigenvalue weighted by atomic mass is 10.2. The van der Waals surface area contributed by atoms with Gasteiger partial charge < -0.3 is 10.1 Å². The Morgan fingerprint density at radius 2 is 1.84 bits per heavy atom. The molecule has 25 heavy (non-hydrogen) atoms. The largest absolute Gasteiger partial charge is 0.484 e. The maximum atomic E-state index is 12.0. The summed E-state index contributed by atoms with van der Waals surface area (Å²) >= 11 is 5.96. The van der Waals surface area contributed by atoms with Gasteiger partial charge in [0.1, 0.15) is 5.75 Å². The number of benzene rings is 2. The molecule has 1 heterocycles. The summed E-state index contributed by atoms with van der Waals surface area (Å²) in [5, 5.41) is 3.36. The molecule has 0 atom stereocenters. The Hall–Kier alpha value is -2.92. The van der Waals surface area contributed by atoms with Gasteiger partial charge in [-0.05, 0) is 30.7 Å². The third-order valence-electron chi connectivity index (χ3n) is 3.47. The molecule has 3 rings (SSSR count). The van der Waals surface area contributed by atoms with Crippen LogP contribution in [0.2, 0.25) is 5.02 Å². The van der Waals surface area contributed by atoms with Gasteiger partial charge in [0.25, 0.3) is 5.91 Å². The molecule has 0 fully saturated rings. The van der Waals surface area contributed by atoms with E-state index in [1.807, 2.05) is 37.3 Å². The summed E-state index contributed by atoms with van der Waals surface area (Å²) < 4.78 is 5.46. The van der Waals surface area contributed by atoms with Crippen molar-refractivity contribution in [3.8, 4) is 17.1 Å². The first-order valence-corrected chi connectivity index (χ1v) is 8.06. The van der Waals surface area contributed by atoms with Crippen LogP contribution in [0.3, 0.4) is 0 Å². The molecule has 1 N–H and O–H groups in total. The minimum absolute atomic E-state index is 0.110. The number of anilines is 1. The molecule has 2 aromatic carbocycles. The predicted molar refractivity (Wildman–Crippen MR) is 97.8 cm³/mol. The Bertz CT molecular complexity index is 868. The van der Waals surface area contributed by atoms with E-state index in [-0.39, 0.29) is 12.5 Å². The van der Waals surface area contributed by atoms with Crippen molar-refractivity contribution in [2.75, 3.05) is 11.9 Å². The number of rotatable bonds is 5. The Morgan fingerprint density at radius 1 is 1.12 bits per heavy atom. The molecule has 126 valence electrons. The van der Waals surface area contributed by atoms with Crippen molar-refractivity contribution in [2.45, 2.75) is 6.92 Å². The highest BCUT2D eigenvalue weighted by atomic mass is 35.5. The first kappa shape index (κ1) is 16.9. The lowest BCUT2D eigenvalue weighted by Crippen LogP contribution is -2.20. The van der Waals surface area contributed by atoms with Crippen molar-refractivity contribution in [1.29, 1.82) is 0 Å². The Balaban J connectivity index is 1.56. The van der Waals surface area contributed by atoms with E-state index in [1.165, 1.54) is 0 Å². The van der Waals surface area contributed by atoms with E-state index >= 15 is 0 Å². The molecule has 0 aliphatic rings. The van der Waals surface area contributed by atoms with Gasteiger partial charge in [0.15, 0.2) is 12.4 Å². The lowest BCUT2D eigenvalue weighted by Gasteiger charge is -2.08. The van der Waals surface area contributed by atoms with Gasteiger partial charge in [-0.25, -0.2) is 9.97 Å². The van der Waals surface area contributed by atoms with Gasteiger partial charge in [0.2, 0.25) is 0 Å².